The molecule has 0 saturated carbocycles. The van der Waals surface area contributed by atoms with Crippen molar-refractivity contribution in [2.24, 2.45) is 0 Å². The largest absolute Gasteiger partial charge is 0.309 e. The van der Waals surface area contributed by atoms with E-state index in [-0.39, 0.29) is 5.82 Å². The summed E-state index contributed by atoms with van der Waals surface area (Å²) in [5.74, 6) is -1.51. The molecule has 0 bridgehead atoms. The summed E-state index contributed by atoms with van der Waals surface area (Å²) < 4.78 is 41.2. The van der Waals surface area contributed by atoms with E-state index >= 15 is 0 Å². The minimum absolute atomic E-state index is 0.305. The third-order valence-electron chi connectivity index (χ3n) is 3.34. The Morgan fingerprint density at radius 1 is 0.952 bits per heavy atom. The van der Waals surface area contributed by atoms with Gasteiger partial charge < -0.3 is 5.32 Å². The molecule has 0 fully saturated rings. The Morgan fingerprint density at radius 3 is 2.38 bits per heavy atom. The van der Waals surface area contributed by atoms with Gasteiger partial charge in [0.2, 0.25) is 0 Å². The first-order chi connectivity index (χ1) is 10.1. The van der Waals surface area contributed by atoms with E-state index in [9.17, 15) is 13.2 Å². The third-order valence-corrected chi connectivity index (χ3v) is 4.53. The fraction of sp³-hybridized carbons (Fsp3) is 0.125. The summed E-state index contributed by atoms with van der Waals surface area (Å²) in [7, 11) is 1.71. The van der Waals surface area contributed by atoms with Crippen LogP contribution in [0.5, 0.6) is 0 Å². The molecule has 21 heavy (non-hydrogen) atoms. The molecule has 0 aliphatic rings. The van der Waals surface area contributed by atoms with Gasteiger partial charge in [0.25, 0.3) is 0 Å². The van der Waals surface area contributed by atoms with E-state index in [0.29, 0.717) is 5.56 Å². The van der Waals surface area contributed by atoms with Crippen molar-refractivity contribution < 1.29 is 13.2 Å². The quantitative estimate of drug-likeness (QED) is 0.744. The lowest BCUT2D eigenvalue weighted by molar-refractivity contribution is 0.554. The maximum absolute atomic E-state index is 14.0. The molecule has 1 N–H and O–H groups in total. The summed E-state index contributed by atoms with van der Waals surface area (Å²) in [4.78, 5) is 0.851. The molecule has 0 aliphatic heterocycles. The van der Waals surface area contributed by atoms with Crippen LogP contribution in [0.2, 0.25) is 0 Å². The Balaban J connectivity index is 2.09. The minimum Gasteiger partial charge on any atom is -0.309 e. The van der Waals surface area contributed by atoms with Gasteiger partial charge in [-0.1, -0.05) is 6.07 Å². The van der Waals surface area contributed by atoms with E-state index in [1.165, 1.54) is 35.6 Å². The summed E-state index contributed by atoms with van der Waals surface area (Å²) in [6.45, 7) is 0. The number of nitrogens with one attached hydrogen (secondary N) is 1. The zero-order valence-corrected chi connectivity index (χ0v) is 12.0. The standard InChI is InChI=1S/C16H12F3NS/c1-20-16(12-4-2-11(18)8-13(12)19)15-7-9-6-10(17)3-5-14(9)21-15/h2-8,16,20H,1H3. The molecule has 0 spiro atoms. The normalized spacial score (nSPS) is 12.8. The molecular formula is C16H12F3NS. The highest BCUT2D eigenvalue weighted by Gasteiger charge is 2.19. The number of fused-ring (bicyclic) bond motifs is 1. The van der Waals surface area contributed by atoms with Crippen molar-refractivity contribution in [2.45, 2.75) is 6.04 Å². The first-order valence-corrected chi connectivity index (χ1v) is 7.21. The molecule has 1 unspecified atom stereocenters. The van der Waals surface area contributed by atoms with E-state index in [0.717, 1.165) is 21.0 Å². The summed E-state index contributed by atoms with van der Waals surface area (Å²) in [6, 6.07) is 9.50. The zero-order chi connectivity index (χ0) is 15.0. The fourth-order valence-corrected chi connectivity index (χ4v) is 3.54. The van der Waals surface area contributed by atoms with E-state index in [1.807, 2.05) is 6.07 Å². The van der Waals surface area contributed by atoms with E-state index in [2.05, 4.69) is 5.32 Å². The molecular weight excluding hydrogens is 295 g/mol. The van der Waals surface area contributed by atoms with E-state index < -0.39 is 17.7 Å². The lowest BCUT2D eigenvalue weighted by Gasteiger charge is -2.15. The zero-order valence-electron chi connectivity index (χ0n) is 11.2. The Hall–Kier alpha value is -1.85. The van der Waals surface area contributed by atoms with Crippen molar-refractivity contribution in [2.75, 3.05) is 7.05 Å². The molecule has 0 amide bonds. The van der Waals surface area contributed by atoms with Gasteiger partial charge >= 0.3 is 0 Å². The molecule has 1 atom stereocenters. The molecule has 1 nitrogen and oxygen atoms in total. The van der Waals surface area contributed by atoms with Gasteiger partial charge in [-0.3, -0.25) is 0 Å². The second kappa shape index (κ2) is 5.50. The smallest absolute Gasteiger partial charge is 0.131 e. The second-order valence-electron chi connectivity index (χ2n) is 4.72. The monoisotopic (exact) mass is 307 g/mol. The second-order valence-corrected chi connectivity index (χ2v) is 5.83. The molecule has 0 saturated heterocycles. The molecule has 3 aromatic rings. The van der Waals surface area contributed by atoms with Crippen molar-refractivity contribution >= 4 is 21.4 Å². The average Bonchev–Trinajstić information content (AvgIpc) is 2.84. The van der Waals surface area contributed by atoms with Gasteiger partial charge in [-0.05, 0) is 42.8 Å². The van der Waals surface area contributed by atoms with Gasteiger partial charge in [0, 0.05) is 21.2 Å². The van der Waals surface area contributed by atoms with Crippen LogP contribution in [0.25, 0.3) is 10.1 Å². The van der Waals surface area contributed by atoms with Gasteiger partial charge in [-0.2, -0.15) is 0 Å². The van der Waals surface area contributed by atoms with Crippen LogP contribution in [0.1, 0.15) is 16.5 Å². The molecule has 1 heterocycles. The number of rotatable bonds is 3. The van der Waals surface area contributed by atoms with E-state index in [1.54, 1.807) is 13.1 Å². The number of benzene rings is 2. The minimum atomic E-state index is -0.607. The highest BCUT2D eigenvalue weighted by Crippen LogP contribution is 2.34. The molecule has 2 aromatic carbocycles. The summed E-state index contributed by atoms with van der Waals surface area (Å²) in [5, 5.41) is 3.80. The predicted octanol–water partition coefficient (Wildman–Crippen LogP) is 4.63. The summed E-state index contributed by atoms with van der Waals surface area (Å²) >= 11 is 1.46. The molecule has 0 radical (unpaired) electrons. The summed E-state index contributed by atoms with van der Waals surface area (Å²) in [5.41, 5.74) is 0.367. The van der Waals surface area contributed by atoms with Crippen LogP contribution < -0.4 is 5.32 Å². The highest BCUT2D eigenvalue weighted by molar-refractivity contribution is 7.19. The number of halogens is 3. The van der Waals surface area contributed by atoms with Crippen LogP contribution in [-0.4, -0.2) is 7.05 Å². The van der Waals surface area contributed by atoms with Crippen LogP contribution in [-0.2, 0) is 0 Å². The van der Waals surface area contributed by atoms with Gasteiger partial charge in [-0.15, -0.1) is 11.3 Å². The van der Waals surface area contributed by atoms with Crippen LogP contribution in [0.4, 0.5) is 13.2 Å². The Kier molecular flexibility index (Phi) is 3.69. The highest BCUT2D eigenvalue weighted by atomic mass is 32.1. The number of hydrogen-bond acceptors (Lipinski definition) is 2. The third kappa shape index (κ3) is 2.66. The van der Waals surface area contributed by atoms with E-state index in [4.69, 9.17) is 0 Å². The molecule has 0 aliphatic carbocycles. The first kappa shape index (κ1) is 14.1. The van der Waals surface area contributed by atoms with Gasteiger partial charge in [0.1, 0.15) is 17.5 Å². The Labute approximate surface area is 124 Å². The van der Waals surface area contributed by atoms with Crippen molar-refractivity contribution in [1.82, 2.24) is 5.32 Å². The molecule has 3 rings (SSSR count). The molecule has 5 heteroatoms. The van der Waals surface area contributed by atoms with Crippen molar-refractivity contribution in [3.63, 3.8) is 0 Å². The SMILES string of the molecule is CNC(c1cc2cc(F)ccc2s1)c1ccc(F)cc1F. The Bertz CT molecular complexity index is 797. The fourth-order valence-electron chi connectivity index (χ4n) is 2.36. The molecule has 1 aromatic heterocycles. The average molecular weight is 307 g/mol. The van der Waals surface area contributed by atoms with Crippen molar-refractivity contribution in [3.05, 3.63) is 70.4 Å². The van der Waals surface area contributed by atoms with Crippen LogP contribution in [0, 0.1) is 17.5 Å². The number of thiophene rings is 1. The Morgan fingerprint density at radius 2 is 1.67 bits per heavy atom. The van der Waals surface area contributed by atoms with Gasteiger partial charge in [-0.25, -0.2) is 13.2 Å². The summed E-state index contributed by atoms with van der Waals surface area (Å²) in [6.07, 6.45) is 0. The topological polar surface area (TPSA) is 12.0 Å². The van der Waals surface area contributed by atoms with Gasteiger partial charge in [0.05, 0.1) is 6.04 Å². The van der Waals surface area contributed by atoms with Crippen molar-refractivity contribution in [1.29, 1.82) is 0 Å². The number of hydrogen-bond donors (Lipinski definition) is 1. The van der Waals surface area contributed by atoms with Crippen molar-refractivity contribution in [3.8, 4) is 0 Å². The first-order valence-electron chi connectivity index (χ1n) is 6.39. The van der Waals surface area contributed by atoms with Gasteiger partial charge in [0.15, 0.2) is 0 Å². The lowest BCUT2D eigenvalue weighted by Crippen LogP contribution is -2.17. The maximum atomic E-state index is 14.0. The predicted molar refractivity (Wildman–Crippen MR) is 79.0 cm³/mol. The lowest BCUT2D eigenvalue weighted by atomic mass is 10.0. The molecule has 108 valence electrons. The van der Waals surface area contributed by atoms with Crippen LogP contribution in [0.15, 0.2) is 42.5 Å². The maximum Gasteiger partial charge on any atom is 0.131 e. The van der Waals surface area contributed by atoms with Crippen LogP contribution in [0.3, 0.4) is 0 Å². The van der Waals surface area contributed by atoms with Crippen LogP contribution >= 0.6 is 11.3 Å².